The average Bonchev–Trinajstić information content (AvgIpc) is 3.30. The van der Waals surface area contributed by atoms with Gasteiger partial charge >= 0.3 is 6.03 Å². The number of imidazole rings is 1. The summed E-state index contributed by atoms with van der Waals surface area (Å²) in [5.74, 6) is 0.130. The molecule has 0 spiro atoms. The Kier molecular flexibility index (Phi) is 6.23. The van der Waals surface area contributed by atoms with Gasteiger partial charge in [-0.05, 0) is 50.3 Å². The van der Waals surface area contributed by atoms with E-state index in [2.05, 4.69) is 21.9 Å². The number of aromatic nitrogens is 2. The largest absolute Gasteiger partial charge is 0.343 e. The summed E-state index contributed by atoms with van der Waals surface area (Å²) < 4.78 is 13.4. The van der Waals surface area contributed by atoms with Gasteiger partial charge in [0.15, 0.2) is 0 Å². The number of hydrogen-bond acceptors (Lipinski definition) is 4. The number of benzene rings is 1. The van der Waals surface area contributed by atoms with Crippen molar-refractivity contribution in [2.75, 3.05) is 19.6 Å². The minimum absolute atomic E-state index is 0.0244. The third kappa shape index (κ3) is 4.36. The number of nitrogens with zero attached hydrogens (tertiary/aromatic N) is 3. The second-order valence-corrected chi connectivity index (χ2v) is 9.10. The molecule has 0 bridgehead atoms. The number of carbonyl (C=O) groups is 3. The number of amides is 4. The van der Waals surface area contributed by atoms with E-state index in [-0.39, 0.29) is 36.1 Å². The first kappa shape index (κ1) is 22.9. The number of urea groups is 1. The van der Waals surface area contributed by atoms with Crippen LogP contribution < -0.4 is 5.32 Å². The van der Waals surface area contributed by atoms with E-state index in [1.54, 1.807) is 13.0 Å². The number of hydrogen-bond donors (Lipinski definition) is 2. The van der Waals surface area contributed by atoms with Crippen LogP contribution in [0.1, 0.15) is 45.4 Å². The molecule has 1 aromatic heterocycles. The van der Waals surface area contributed by atoms with E-state index in [0.29, 0.717) is 62.1 Å². The van der Waals surface area contributed by atoms with Gasteiger partial charge in [-0.3, -0.25) is 14.5 Å². The van der Waals surface area contributed by atoms with Crippen molar-refractivity contribution in [1.82, 2.24) is 25.1 Å². The van der Waals surface area contributed by atoms with Gasteiger partial charge in [0.2, 0.25) is 5.91 Å². The van der Waals surface area contributed by atoms with E-state index >= 15 is 0 Å². The van der Waals surface area contributed by atoms with Gasteiger partial charge in [0.25, 0.3) is 5.91 Å². The van der Waals surface area contributed by atoms with E-state index in [9.17, 15) is 18.8 Å². The fraction of sp³-hybridized carbons (Fsp3) is 0.500. The smallest absolute Gasteiger partial charge is 0.325 e. The van der Waals surface area contributed by atoms with Gasteiger partial charge in [0.1, 0.15) is 17.2 Å². The molecule has 1 unspecified atom stereocenters. The number of carbonyl (C=O) groups excluding carboxylic acids is 3. The number of aryl methyl sites for hydroxylation is 1. The van der Waals surface area contributed by atoms with Crippen LogP contribution in [0.5, 0.6) is 0 Å². The first-order chi connectivity index (χ1) is 15.7. The first-order valence-electron chi connectivity index (χ1n) is 11.4. The number of likely N-dealkylation sites (tertiary alicyclic amines) is 1. The highest BCUT2D eigenvalue weighted by Crippen LogP contribution is 2.36. The number of imide groups is 1. The first-order valence-corrected chi connectivity index (χ1v) is 11.4. The van der Waals surface area contributed by atoms with Gasteiger partial charge in [-0.1, -0.05) is 19.1 Å². The zero-order chi connectivity index (χ0) is 23.8. The highest BCUT2D eigenvalue weighted by Gasteiger charge is 2.54. The molecule has 2 fully saturated rings. The molecule has 4 rings (SSSR count). The van der Waals surface area contributed by atoms with E-state index in [0.717, 1.165) is 5.57 Å². The molecule has 9 heteroatoms. The highest BCUT2D eigenvalue weighted by atomic mass is 19.1. The minimum atomic E-state index is -0.911. The molecule has 2 aliphatic heterocycles. The lowest BCUT2D eigenvalue weighted by atomic mass is 9.75. The van der Waals surface area contributed by atoms with Crippen LogP contribution in [0.25, 0.3) is 11.0 Å². The zero-order valence-electron chi connectivity index (χ0n) is 19.1. The monoisotopic (exact) mass is 455 g/mol. The Bertz CT molecular complexity index is 1100. The summed E-state index contributed by atoms with van der Waals surface area (Å²) in [7, 11) is 0. The van der Waals surface area contributed by atoms with Gasteiger partial charge in [0.05, 0.1) is 17.6 Å². The number of piperidine rings is 1. The molecule has 2 N–H and O–H groups in total. The number of H-pyrrole nitrogens is 1. The van der Waals surface area contributed by atoms with E-state index in [4.69, 9.17) is 0 Å². The van der Waals surface area contributed by atoms with Crippen molar-refractivity contribution in [2.24, 2.45) is 5.92 Å². The predicted octanol–water partition coefficient (Wildman–Crippen LogP) is 3.15. The Morgan fingerprint density at radius 1 is 1.30 bits per heavy atom. The third-order valence-corrected chi connectivity index (χ3v) is 6.80. The molecule has 2 aromatic rings. The zero-order valence-corrected chi connectivity index (χ0v) is 19.1. The van der Waals surface area contributed by atoms with Crippen molar-refractivity contribution >= 4 is 28.9 Å². The summed E-state index contributed by atoms with van der Waals surface area (Å²) in [5.41, 5.74) is 1.13. The molecule has 2 aliphatic rings. The molecular formula is C24H30FN5O3. The lowest BCUT2D eigenvalue weighted by Crippen LogP contribution is -2.56. The SMILES string of the molecule is C=C(C)CN1C(=O)NC(CC)(C2CCN(C(=O)CCc3nc4ccc(F)cc4[nH]3)CC2)C1=O. The summed E-state index contributed by atoms with van der Waals surface area (Å²) in [6.45, 7) is 8.83. The molecule has 33 heavy (non-hydrogen) atoms. The van der Waals surface area contributed by atoms with E-state index < -0.39 is 5.54 Å². The lowest BCUT2D eigenvalue weighted by molar-refractivity contribution is -0.136. The number of rotatable bonds is 7. The summed E-state index contributed by atoms with van der Waals surface area (Å²) in [6, 6.07) is 4.00. The molecule has 0 saturated carbocycles. The third-order valence-electron chi connectivity index (χ3n) is 6.80. The van der Waals surface area contributed by atoms with Crippen LogP contribution in [0.15, 0.2) is 30.4 Å². The second-order valence-electron chi connectivity index (χ2n) is 9.10. The minimum Gasteiger partial charge on any atom is -0.343 e. The standard InChI is InChI=1S/C24H30FN5O3/c1-4-24(22(32)30(14-15(2)3)23(33)28-24)16-9-11-29(12-10-16)21(31)8-7-20-26-18-6-5-17(25)13-19(18)27-20/h5-6,13,16H,2,4,7-12,14H2,1,3H3,(H,26,27)(H,28,33). The Morgan fingerprint density at radius 2 is 2.03 bits per heavy atom. The maximum atomic E-state index is 13.4. The van der Waals surface area contributed by atoms with E-state index in [1.165, 1.54) is 17.0 Å². The Hall–Kier alpha value is -3.23. The van der Waals surface area contributed by atoms with Gasteiger partial charge in [-0.25, -0.2) is 14.2 Å². The van der Waals surface area contributed by atoms with Crippen LogP contribution >= 0.6 is 0 Å². The molecule has 2 saturated heterocycles. The van der Waals surface area contributed by atoms with Crippen molar-refractivity contribution in [1.29, 1.82) is 0 Å². The summed E-state index contributed by atoms with van der Waals surface area (Å²) in [6.07, 6.45) is 2.55. The number of halogens is 1. The lowest BCUT2D eigenvalue weighted by Gasteiger charge is -2.40. The number of aromatic amines is 1. The molecule has 0 radical (unpaired) electrons. The highest BCUT2D eigenvalue weighted by molar-refractivity contribution is 6.07. The van der Waals surface area contributed by atoms with Crippen LogP contribution in [-0.2, 0) is 16.0 Å². The molecule has 4 amide bonds. The summed E-state index contributed by atoms with van der Waals surface area (Å²) >= 11 is 0. The van der Waals surface area contributed by atoms with Crippen molar-refractivity contribution in [3.05, 3.63) is 42.0 Å². The second kappa shape index (κ2) is 8.96. The maximum absolute atomic E-state index is 13.4. The van der Waals surface area contributed by atoms with Gasteiger partial charge in [-0.15, -0.1) is 0 Å². The molecule has 1 atom stereocenters. The van der Waals surface area contributed by atoms with Crippen molar-refractivity contribution in [3.63, 3.8) is 0 Å². The predicted molar refractivity (Wildman–Crippen MR) is 122 cm³/mol. The fourth-order valence-electron chi connectivity index (χ4n) is 5.02. The quantitative estimate of drug-likeness (QED) is 0.495. The van der Waals surface area contributed by atoms with Gasteiger partial charge < -0.3 is 15.2 Å². The Balaban J connectivity index is 1.34. The van der Waals surface area contributed by atoms with Crippen molar-refractivity contribution in [3.8, 4) is 0 Å². The Morgan fingerprint density at radius 3 is 2.70 bits per heavy atom. The molecule has 3 heterocycles. The molecule has 8 nitrogen and oxygen atoms in total. The van der Waals surface area contributed by atoms with Crippen LogP contribution in [-0.4, -0.2) is 62.8 Å². The maximum Gasteiger partial charge on any atom is 0.325 e. The van der Waals surface area contributed by atoms with Crippen LogP contribution in [0.3, 0.4) is 0 Å². The molecular weight excluding hydrogens is 425 g/mol. The molecule has 0 aliphatic carbocycles. The number of fused-ring (bicyclic) bond motifs is 1. The van der Waals surface area contributed by atoms with Crippen LogP contribution in [0.2, 0.25) is 0 Å². The van der Waals surface area contributed by atoms with Crippen LogP contribution in [0, 0.1) is 11.7 Å². The normalized spacial score (nSPS) is 21.7. The van der Waals surface area contributed by atoms with E-state index in [1.807, 2.05) is 11.8 Å². The van der Waals surface area contributed by atoms with Crippen LogP contribution in [0.4, 0.5) is 9.18 Å². The molecule has 176 valence electrons. The summed E-state index contributed by atoms with van der Waals surface area (Å²) in [5, 5.41) is 2.95. The summed E-state index contributed by atoms with van der Waals surface area (Å²) in [4.78, 5) is 49.0. The van der Waals surface area contributed by atoms with Crippen molar-refractivity contribution in [2.45, 2.75) is 51.5 Å². The Labute approximate surface area is 192 Å². The molecule has 1 aromatic carbocycles. The van der Waals surface area contributed by atoms with Crippen molar-refractivity contribution < 1.29 is 18.8 Å². The number of nitrogens with one attached hydrogen (secondary N) is 2. The van der Waals surface area contributed by atoms with Gasteiger partial charge in [0, 0.05) is 25.9 Å². The fourth-order valence-corrected chi connectivity index (χ4v) is 5.02. The average molecular weight is 456 g/mol. The van der Waals surface area contributed by atoms with Gasteiger partial charge in [-0.2, -0.15) is 0 Å². The topological polar surface area (TPSA) is 98.4 Å².